The maximum atomic E-state index is 11.5. The number of carbonyl (C=O) groups is 1. The Morgan fingerprint density at radius 1 is 1.39 bits per heavy atom. The minimum atomic E-state index is -0.168. The van der Waals surface area contributed by atoms with Crippen LogP contribution < -0.4 is 4.74 Å². The number of nitrogens with zero attached hydrogens (tertiary/aromatic N) is 1. The summed E-state index contributed by atoms with van der Waals surface area (Å²) in [5, 5.41) is 8.68. The van der Waals surface area contributed by atoms with Crippen molar-refractivity contribution in [3.63, 3.8) is 0 Å². The van der Waals surface area contributed by atoms with Crippen LogP contribution in [0, 0.1) is 16.7 Å². The zero-order chi connectivity index (χ0) is 12.6. The van der Waals surface area contributed by atoms with Crippen molar-refractivity contribution in [3.8, 4) is 11.8 Å². The van der Waals surface area contributed by atoms with Crippen molar-refractivity contribution in [1.82, 2.24) is 0 Å². The molecular formula is C14H13NO3. The molecule has 0 bridgehead atoms. The van der Waals surface area contributed by atoms with E-state index < -0.39 is 0 Å². The van der Waals surface area contributed by atoms with E-state index in [0.717, 1.165) is 19.3 Å². The molecule has 1 aliphatic heterocycles. The van der Waals surface area contributed by atoms with Gasteiger partial charge in [0.05, 0.1) is 17.0 Å². The third-order valence-electron chi connectivity index (χ3n) is 3.60. The fraction of sp³-hybridized carbons (Fsp3) is 0.429. The SMILES string of the molecule is N#Cc1ccc(OC[C@@H]2CC3(CC3)C(=O)O2)cc1. The molecule has 18 heavy (non-hydrogen) atoms. The molecule has 1 aromatic rings. The van der Waals surface area contributed by atoms with Gasteiger partial charge in [0.1, 0.15) is 18.5 Å². The summed E-state index contributed by atoms with van der Waals surface area (Å²) in [6, 6.07) is 8.97. The summed E-state index contributed by atoms with van der Waals surface area (Å²) in [5.74, 6) is 0.637. The molecular weight excluding hydrogens is 230 g/mol. The summed E-state index contributed by atoms with van der Waals surface area (Å²) < 4.78 is 10.9. The maximum Gasteiger partial charge on any atom is 0.312 e. The molecule has 2 fully saturated rings. The summed E-state index contributed by atoms with van der Waals surface area (Å²) in [4.78, 5) is 11.5. The number of benzene rings is 1. The zero-order valence-corrected chi connectivity index (χ0v) is 9.89. The summed E-state index contributed by atoms with van der Waals surface area (Å²) in [6.07, 6.45) is 2.57. The predicted molar refractivity (Wildman–Crippen MR) is 62.8 cm³/mol. The largest absolute Gasteiger partial charge is 0.490 e. The first-order valence-corrected chi connectivity index (χ1v) is 6.06. The molecule has 0 radical (unpaired) electrons. The van der Waals surface area contributed by atoms with Gasteiger partial charge in [-0.3, -0.25) is 4.79 Å². The van der Waals surface area contributed by atoms with Crippen LogP contribution in [0.4, 0.5) is 0 Å². The molecule has 1 saturated heterocycles. The average Bonchev–Trinajstić information content (AvgIpc) is 3.10. The van der Waals surface area contributed by atoms with Gasteiger partial charge in [0.15, 0.2) is 0 Å². The second kappa shape index (κ2) is 4.02. The highest BCUT2D eigenvalue weighted by Gasteiger charge is 2.57. The lowest BCUT2D eigenvalue weighted by Gasteiger charge is -2.10. The fourth-order valence-corrected chi connectivity index (χ4v) is 2.30. The molecule has 0 unspecified atom stereocenters. The predicted octanol–water partition coefficient (Wildman–Crippen LogP) is 2.03. The number of carbonyl (C=O) groups excluding carboxylic acids is 1. The fourth-order valence-electron chi connectivity index (χ4n) is 2.30. The minimum absolute atomic E-state index is 0.0593. The molecule has 4 nitrogen and oxygen atoms in total. The van der Waals surface area contributed by atoms with E-state index in [1.165, 1.54) is 0 Å². The van der Waals surface area contributed by atoms with Crippen molar-refractivity contribution in [2.45, 2.75) is 25.4 Å². The van der Waals surface area contributed by atoms with Gasteiger partial charge in [-0.2, -0.15) is 5.26 Å². The number of ether oxygens (including phenoxy) is 2. The quantitative estimate of drug-likeness (QED) is 0.762. The van der Waals surface area contributed by atoms with Crippen LogP contribution in [0.2, 0.25) is 0 Å². The summed E-state index contributed by atoms with van der Waals surface area (Å²) in [7, 11) is 0. The molecule has 1 heterocycles. The molecule has 1 aliphatic carbocycles. The van der Waals surface area contributed by atoms with Gasteiger partial charge >= 0.3 is 5.97 Å². The van der Waals surface area contributed by atoms with Crippen molar-refractivity contribution in [3.05, 3.63) is 29.8 Å². The number of esters is 1. The molecule has 0 amide bonds. The third-order valence-corrected chi connectivity index (χ3v) is 3.60. The second-order valence-corrected chi connectivity index (χ2v) is 4.96. The van der Waals surface area contributed by atoms with Gasteiger partial charge in [-0.15, -0.1) is 0 Å². The molecule has 1 atom stereocenters. The van der Waals surface area contributed by atoms with E-state index in [0.29, 0.717) is 17.9 Å². The molecule has 92 valence electrons. The first-order chi connectivity index (χ1) is 8.72. The van der Waals surface area contributed by atoms with E-state index in [1.807, 2.05) is 0 Å². The number of nitriles is 1. The van der Waals surface area contributed by atoms with Crippen LogP contribution in [0.25, 0.3) is 0 Å². The first kappa shape index (κ1) is 11.1. The lowest BCUT2D eigenvalue weighted by atomic mass is 10.0. The molecule has 1 saturated carbocycles. The third kappa shape index (κ3) is 1.92. The van der Waals surface area contributed by atoms with Crippen molar-refractivity contribution < 1.29 is 14.3 Å². The number of hydrogen-bond donors (Lipinski definition) is 0. The van der Waals surface area contributed by atoms with Crippen LogP contribution in [-0.4, -0.2) is 18.7 Å². The van der Waals surface area contributed by atoms with Crippen LogP contribution in [0.5, 0.6) is 5.75 Å². The maximum absolute atomic E-state index is 11.5. The van der Waals surface area contributed by atoms with E-state index in [1.54, 1.807) is 24.3 Å². The van der Waals surface area contributed by atoms with Gasteiger partial charge in [-0.05, 0) is 37.1 Å². The van der Waals surface area contributed by atoms with Gasteiger partial charge in [-0.1, -0.05) is 0 Å². The zero-order valence-electron chi connectivity index (χ0n) is 9.89. The molecule has 4 heteroatoms. The smallest absolute Gasteiger partial charge is 0.312 e. The van der Waals surface area contributed by atoms with E-state index in [9.17, 15) is 4.79 Å². The van der Waals surface area contributed by atoms with Gasteiger partial charge < -0.3 is 9.47 Å². The Morgan fingerprint density at radius 2 is 2.11 bits per heavy atom. The van der Waals surface area contributed by atoms with E-state index >= 15 is 0 Å². The number of cyclic esters (lactones) is 1. The van der Waals surface area contributed by atoms with E-state index in [4.69, 9.17) is 14.7 Å². The highest BCUT2D eigenvalue weighted by atomic mass is 16.6. The number of hydrogen-bond acceptors (Lipinski definition) is 4. The van der Waals surface area contributed by atoms with E-state index in [2.05, 4.69) is 6.07 Å². The highest BCUT2D eigenvalue weighted by Crippen LogP contribution is 2.54. The standard InChI is InChI=1S/C14H13NO3/c15-8-10-1-3-11(4-2-10)17-9-12-7-14(5-6-14)13(16)18-12/h1-4,12H,5-7,9H2/t12-/m0/s1. The van der Waals surface area contributed by atoms with Crippen LogP contribution >= 0.6 is 0 Å². The van der Waals surface area contributed by atoms with Crippen molar-refractivity contribution in [2.24, 2.45) is 5.41 Å². The van der Waals surface area contributed by atoms with Crippen molar-refractivity contribution in [1.29, 1.82) is 5.26 Å². The van der Waals surface area contributed by atoms with E-state index in [-0.39, 0.29) is 17.5 Å². The summed E-state index contributed by atoms with van der Waals surface area (Å²) >= 11 is 0. The molecule has 0 N–H and O–H groups in total. The van der Waals surface area contributed by atoms with Crippen LogP contribution in [0.1, 0.15) is 24.8 Å². The monoisotopic (exact) mass is 243 g/mol. The molecule has 0 aromatic heterocycles. The Hall–Kier alpha value is -2.02. The lowest BCUT2D eigenvalue weighted by Crippen LogP contribution is -2.17. The Balaban J connectivity index is 1.55. The first-order valence-electron chi connectivity index (χ1n) is 6.06. The van der Waals surface area contributed by atoms with Crippen LogP contribution in [0.15, 0.2) is 24.3 Å². The Kier molecular flexibility index (Phi) is 2.48. The minimum Gasteiger partial charge on any atom is -0.490 e. The molecule has 3 rings (SSSR count). The van der Waals surface area contributed by atoms with Crippen molar-refractivity contribution in [2.75, 3.05) is 6.61 Å². The Labute approximate surface area is 105 Å². The van der Waals surface area contributed by atoms with Gasteiger partial charge in [0, 0.05) is 6.42 Å². The van der Waals surface area contributed by atoms with Gasteiger partial charge in [-0.25, -0.2) is 0 Å². The van der Waals surface area contributed by atoms with Gasteiger partial charge in [0.2, 0.25) is 0 Å². The summed E-state index contributed by atoms with van der Waals surface area (Å²) in [5.41, 5.74) is 0.435. The Bertz CT molecular complexity index is 511. The molecule has 2 aliphatic rings. The van der Waals surface area contributed by atoms with Crippen LogP contribution in [0.3, 0.4) is 0 Å². The van der Waals surface area contributed by atoms with Crippen molar-refractivity contribution >= 4 is 5.97 Å². The van der Waals surface area contributed by atoms with Gasteiger partial charge in [0.25, 0.3) is 0 Å². The normalized spacial score (nSPS) is 23.5. The molecule has 1 aromatic carbocycles. The Morgan fingerprint density at radius 3 is 2.67 bits per heavy atom. The average molecular weight is 243 g/mol. The number of rotatable bonds is 3. The second-order valence-electron chi connectivity index (χ2n) is 4.96. The molecule has 1 spiro atoms. The topological polar surface area (TPSA) is 59.3 Å². The van der Waals surface area contributed by atoms with Crippen LogP contribution in [-0.2, 0) is 9.53 Å². The lowest BCUT2D eigenvalue weighted by molar-refractivity contribution is -0.146. The highest BCUT2D eigenvalue weighted by molar-refractivity contribution is 5.82. The summed E-state index contributed by atoms with van der Waals surface area (Å²) in [6.45, 7) is 0.388.